The molecule has 1 heterocycles. The Morgan fingerprint density at radius 3 is 3.00 bits per heavy atom. The molecule has 1 N–H and O–H groups in total. The molecule has 4 heteroatoms. The normalized spacial score (nSPS) is 33.9. The summed E-state index contributed by atoms with van der Waals surface area (Å²) in [6.45, 7) is 7.32. The maximum absolute atomic E-state index is 11.0. The standard InChI is InChI=1S/C13H23N3O/c1-4-8-16-12(9-14-15-16)13(17)7-5-6-10(2)11(13)3/h9-11,17H,4-8H2,1-3H3. The molecule has 1 aliphatic rings. The van der Waals surface area contributed by atoms with Crippen molar-refractivity contribution in [1.82, 2.24) is 15.0 Å². The van der Waals surface area contributed by atoms with E-state index < -0.39 is 5.60 Å². The van der Waals surface area contributed by atoms with E-state index in [0.717, 1.165) is 31.5 Å². The lowest BCUT2D eigenvalue weighted by Crippen LogP contribution is -2.42. The molecule has 17 heavy (non-hydrogen) atoms. The molecule has 0 amide bonds. The summed E-state index contributed by atoms with van der Waals surface area (Å²) in [5, 5.41) is 19.0. The van der Waals surface area contributed by atoms with Gasteiger partial charge in [0.2, 0.25) is 0 Å². The highest BCUT2D eigenvalue weighted by Gasteiger charge is 2.43. The molecule has 0 aromatic carbocycles. The Morgan fingerprint density at radius 2 is 2.29 bits per heavy atom. The molecular formula is C13H23N3O. The summed E-state index contributed by atoms with van der Waals surface area (Å²) in [4.78, 5) is 0. The minimum Gasteiger partial charge on any atom is -0.383 e. The lowest BCUT2D eigenvalue weighted by atomic mass is 9.69. The van der Waals surface area contributed by atoms with Gasteiger partial charge in [0, 0.05) is 6.54 Å². The Labute approximate surface area is 103 Å². The third-order valence-electron chi connectivity index (χ3n) is 4.32. The van der Waals surface area contributed by atoms with Crippen LogP contribution in [-0.2, 0) is 12.1 Å². The highest BCUT2D eigenvalue weighted by atomic mass is 16.3. The van der Waals surface area contributed by atoms with Crippen molar-refractivity contribution < 1.29 is 5.11 Å². The monoisotopic (exact) mass is 237 g/mol. The molecule has 3 unspecified atom stereocenters. The SMILES string of the molecule is CCCn1nncc1C1(O)CCCC(C)C1C. The van der Waals surface area contributed by atoms with Gasteiger partial charge in [0.15, 0.2) is 0 Å². The lowest BCUT2D eigenvalue weighted by Gasteiger charge is -2.41. The van der Waals surface area contributed by atoms with E-state index in [9.17, 15) is 5.11 Å². The lowest BCUT2D eigenvalue weighted by molar-refractivity contribution is -0.0753. The van der Waals surface area contributed by atoms with Crippen molar-refractivity contribution in [2.24, 2.45) is 11.8 Å². The Hall–Kier alpha value is -0.900. The van der Waals surface area contributed by atoms with Crippen molar-refractivity contribution in [2.45, 2.75) is 58.6 Å². The first-order valence-corrected chi connectivity index (χ1v) is 6.71. The summed E-state index contributed by atoms with van der Waals surface area (Å²) >= 11 is 0. The molecule has 1 saturated carbocycles. The van der Waals surface area contributed by atoms with Crippen molar-refractivity contribution in [2.75, 3.05) is 0 Å². The van der Waals surface area contributed by atoms with Gasteiger partial charge in [0.25, 0.3) is 0 Å². The molecule has 0 radical (unpaired) electrons. The summed E-state index contributed by atoms with van der Waals surface area (Å²) in [6, 6.07) is 0. The first-order chi connectivity index (χ1) is 8.09. The number of rotatable bonds is 3. The van der Waals surface area contributed by atoms with Crippen molar-refractivity contribution in [1.29, 1.82) is 0 Å². The molecule has 1 aromatic rings. The molecular weight excluding hydrogens is 214 g/mol. The van der Waals surface area contributed by atoms with Gasteiger partial charge in [-0.1, -0.05) is 32.4 Å². The van der Waals surface area contributed by atoms with Gasteiger partial charge in [-0.05, 0) is 31.1 Å². The first-order valence-electron chi connectivity index (χ1n) is 6.71. The van der Waals surface area contributed by atoms with Crippen LogP contribution >= 0.6 is 0 Å². The molecule has 96 valence electrons. The molecule has 1 aliphatic carbocycles. The largest absolute Gasteiger partial charge is 0.383 e. The Balaban J connectivity index is 2.32. The van der Waals surface area contributed by atoms with Crippen molar-refractivity contribution in [3.05, 3.63) is 11.9 Å². The van der Waals surface area contributed by atoms with Crippen molar-refractivity contribution in [3.63, 3.8) is 0 Å². The first kappa shape index (κ1) is 12.6. The second-order valence-corrected chi connectivity index (χ2v) is 5.42. The Bertz CT molecular complexity index is 376. The predicted octanol–water partition coefficient (Wildman–Crippen LogP) is 2.33. The fourth-order valence-electron chi connectivity index (χ4n) is 2.97. The summed E-state index contributed by atoms with van der Waals surface area (Å²) < 4.78 is 1.87. The van der Waals surface area contributed by atoms with E-state index >= 15 is 0 Å². The third kappa shape index (κ3) is 2.10. The van der Waals surface area contributed by atoms with Crippen LogP contribution in [0.1, 0.15) is 52.1 Å². The average Bonchev–Trinajstić information content (AvgIpc) is 2.75. The molecule has 1 fully saturated rings. The van der Waals surface area contributed by atoms with Crippen LogP contribution in [0.4, 0.5) is 0 Å². The van der Waals surface area contributed by atoms with E-state index in [0.29, 0.717) is 5.92 Å². The maximum Gasteiger partial charge on any atom is 0.111 e. The number of hydrogen-bond donors (Lipinski definition) is 1. The average molecular weight is 237 g/mol. The Morgan fingerprint density at radius 1 is 1.53 bits per heavy atom. The van der Waals surface area contributed by atoms with Gasteiger partial charge >= 0.3 is 0 Å². The van der Waals surface area contributed by atoms with Crippen LogP contribution < -0.4 is 0 Å². The number of aromatic nitrogens is 3. The van der Waals surface area contributed by atoms with E-state index in [-0.39, 0.29) is 5.92 Å². The number of nitrogens with zero attached hydrogens (tertiary/aromatic N) is 3. The number of aliphatic hydroxyl groups is 1. The Kier molecular flexibility index (Phi) is 3.52. The third-order valence-corrected chi connectivity index (χ3v) is 4.32. The van der Waals surface area contributed by atoms with Crippen molar-refractivity contribution >= 4 is 0 Å². The summed E-state index contributed by atoms with van der Waals surface area (Å²) in [5.41, 5.74) is 0.162. The van der Waals surface area contributed by atoms with Crippen LogP contribution in [0.2, 0.25) is 0 Å². The van der Waals surface area contributed by atoms with Gasteiger partial charge in [0.1, 0.15) is 5.60 Å². The van der Waals surface area contributed by atoms with Gasteiger partial charge < -0.3 is 5.11 Å². The summed E-state index contributed by atoms with van der Waals surface area (Å²) in [7, 11) is 0. The zero-order valence-corrected chi connectivity index (χ0v) is 11.1. The van der Waals surface area contributed by atoms with Crippen LogP contribution in [0.25, 0.3) is 0 Å². The predicted molar refractivity (Wildman–Crippen MR) is 66.4 cm³/mol. The number of aryl methyl sites for hydroxylation is 1. The molecule has 0 aliphatic heterocycles. The molecule has 4 nitrogen and oxygen atoms in total. The zero-order valence-electron chi connectivity index (χ0n) is 11.1. The molecule has 0 saturated heterocycles. The van der Waals surface area contributed by atoms with E-state index in [2.05, 4.69) is 31.1 Å². The smallest absolute Gasteiger partial charge is 0.111 e. The quantitative estimate of drug-likeness (QED) is 0.877. The van der Waals surface area contributed by atoms with Gasteiger partial charge in [-0.25, -0.2) is 4.68 Å². The molecule has 0 spiro atoms. The molecule has 2 rings (SSSR count). The van der Waals surface area contributed by atoms with Gasteiger partial charge in [-0.3, -0.25) is 0 Å². The summed E-state index contributed by atoms with van der Waals surface area (Å²) in [5.74, 6) is 0.823. The fourth-order valence-corrected chi connectivity index (χ4v) is 2.97. The van der Waals surface area contributed by atoms with E-state index in [1.165, 1.54) is 6.42 Å². The second-order valence-electron chi connectivity index (χ2n) is 5.42. The second kappa shape index (κ2) is 4.77. The highest BCUT2D eigenvalue weighted by molar-refractivity contribution is 5.12. The van der Waals surface area contributed by atoms with Gasteiger partial charge in [0.05, 0.1) is 11.9 Å². The number of hydrogen-bond acceptors (Lipinski definition) is 3. The minimum absolute atomic E-state index is 0.269. The van der Waals surface area contributed by atoms with E-state index in [4.69, 9.17) is 0 Å². The van der Waals surface area contributed by atoms with Crippen LogP contribution in [0.15, 0.2) is 6.20 Å². The topological polar surface area (TPSA) is 50.9 Å². The van der Waals surface area contributed by atoms with Crippen molar-refractivity contribution in [3.8, 4) is 0 Å². The van der Waals surface area contributed by atoms with E-state index in [1.807, 2.05) is 4.68 Å². The van der Waals surface area contributed by atoms with Crippen LogP contribution in [0.5, 0.6) is 0 Å². The fraction of sp³-hybridized carbons (Fsp3) is 0.846. The summed E-state index contributed by atoms with van der Waals surface area (Å²) in [6.07, 6.45) is 5.87. The van der Waals surface area contributed by atoms with Crippen LogP contribution in [-0.4, -0.2) is 20.1 Å². The molecule has 1 aromatic heterocycles. The van der Waals surface area contributed by atoms with Crippen LogP contribution in [0.3, 0.4) is 0 Å². The van der Waals surface area contributed by atoms with Gasteiger partial charge in [-0.2, -0.15) is 0 Å². The van der Waals surface area contributed by atoms with E-state index in [1.54, 1.807) is 6.20 Å². The molecule has 3 atom stereocenters. The maximum atomic E-state index is 11.0. The molecule has 0 bridgehead atoms. The zero-order chi connectivity index (χ0) is 12.5. The highest BCUT2D eigenvalue weighted by Crippen LogP contribution is 2.43. The minimum atomic E-state index is -0.740. The van der Waals surface area contributed by atoms with Crippen LogP contribution in [0, 0.1) is 11.8 Å². The van der Waals surface area contributed by atoms with Gasteiger partial charge in [-0.15, -0.1) is 5.10 Å².